The van der Waals surface area contributed by atoms with Crippen LogP contribution in [0.2, 0.25) is 0 Å². The van der Waals surface area contributed by atoms with Gasteiger partial charge in [-0.2, -0.15) is 0 Å². The molecule has 0 aromatic heterocycles. The minimum Gasteiger partial charge on any atom is -0.444 e. The van der Waals surface area contributed by atoms with Crippen LogP contribution in [-0.4, -0.2) is 40.6 Å². The van der Waals surface area contributed by atoms with Gasteiger partial charge in [0, 0.05) is 24.7 Å². The fourth-order valence-electron chi connectivity index (χ4n) is 3.93. The molecule has 2 amide bonds. The summed E-state index contributed by atoms with van der Waals surface area (Å²) in [6.07, 6.45) is 2.21. The Hall–Kier alpha value is -2.08. The predicted molar refractivity (Wildman–Crippen MR) is 104 cm³/mol. The Morgan fingerprint density at radius 3 is 2.44 bits per heavy atom. The number of nitrogens with one attached hydrogen (secondary N) is 2. The molecule has 0 saturated heterocycles. The highest BCUT2D eigenvalue weighted by Gasteiger charge is 2.37. The van der Waals surface area contributed by atoms with E-state index in [2.05, 4.69) is 22.8 Å². The summed E-state index contributed by atoms with van der Waals surface area (Å²) in [5.74, 6) is 0.125. The lowest BCUT2D eigenvalue weighted by Gasteiger charge is -2.28. The largest absolute Gasteiger partial charge is 0.444 e. The number of hydrogen-bond donors (Lipinski definition) is 2. The third kappa shape index (κ3) is 5.22. The van der Waals surface area contributed by atoms with Gasteiger partial charge in [-0.25, -0.2) is 4.79 Å². The van der Waals surface area contributed by atoms with Crippen molar-refractivity contribution in [2.45, 2.75) is 77.2 Å². The number of amides is 2. The fraction of sp³-hybridized carbons (Fsp3) is 0.619. The minimum atomic E-state index is -0.504. The fourth-order valence-corrected chi connectivity index (χ4v) is 3.93. The Morgan fingerprint density at radius 2 is 1.85 bits per heavy atom. The van der Waals surface area contributed by atoms with E-state index in [0.717, 1.165) is 19.3 Å². The van der Waals surface area contributed by atoms with Crippen LogP contribution in [0.25, 0.3) is 0 Å². The van der Waals surface area contributed by atoms with Crippen molar-refractivity contribution >= 4 is 12.0 Å². The summed E-state index contributed by atoms with van der Waals surface area (Å²) in [5.41, 5.74) is 1.67. The van der Waals surface area contributed by atoms with E-state index in [1.165, 1.54) is 11.1 Å². The highest BCUT2D eigenvalue weighted by molar-refractivity contribution is 5.79. The third-order valence-corrected chi connectivity index (χ3v) is 5.28. The summed E-state index contributed by atoms with van der Waals surface area (Å²) < 4.78 is 5.37. The zero-order valence-electron chi connectivity index (χ0n) is 16.8. The second kappa shape index (κ2) is 7.50. The van der Waals surface area contributed by atoms with Crippen molar-refractivity contribution in [1.29, 1.82) is 0 Å². The first kappa shape index (κ1) is 19.7. The molecule has 1 aliphatic heterocycles. The van der Waals surface area contributed by atoms with E-state index in [0.29, 0.717) is 19.6 Å². The smallest absolute Gasteiger partial charge is 0.408 e. The molecule has 1 aromatic rings. The van der Waals surface area contributed by atoms with Gasteiger partial charge in [-0.3, -0.25) is 4.79 Å². The van der Waals surface area contributed by atoms with Gasteiger partial charge in [0.05, 0.1) is 6.54 Å². The Bertz CT molecular complexity index is 688. The van der Waals surface area contributed by atoms with Crippen LogP contribution in [0.5, 0.6) is 0 Å². The first-order valence-electron chi connectivity index (χ1n) is 9.73. The van der Waals surface area contributed by atoms with Crippen LogP contribution < -0.4 is 10.6 Å². The number of carbonyl (C=O) groups excluding carboxylic acids is 2. The highest BCUT2D eigenvalue weighted by atomic mass is 16.6. The molecule has 27 heavy (non-hydrogen) atoms. The number of hydrogen-bond acceptors (Lipinski definition) is 4. The first-order valence-corrected chi connectivity index (χ1v) is 9.73. The van der Waals surface area contributed by atoms with E-state index in [1.807, 2.05) is 44.7 Å². The molecule has 1 aliphatic carbocycles. The number of rotatable bonds is 4. The van der Waals surface area contributed by atoms with Crippen molar-refractivity contribution in [1.82, 2.24) is 15.5 Å². The zero-order valence-corrected chi connectivity index (χ0v) is 16.8. The maximum absolute atomic E-state index is 12.5. The molecule has 0 radical (unpaired) electrons. The molecule has 6 heteroatoms. The molecule has 2 N–H and O–H groups in total. The van der Waals surface area contributed by atoms with Crippen LogP contribution >= 0.6 is 0 Å². The summed E-state index contributed by atoms with van der Waals surface area (Å²) in [4.78, 5) is 26.5. The Labute approximate surface area is 161 Å². The summed E-state index contributed by atoms with van der Waals surface area (Å²) in [7, 11) is 0. The SMILES string of the molecule is CC1(NC(=O)OC(C)(C)C)CCC(NCC(=O)N2Cc3ccccc3C2)C1. The molecule has 1 saturated carbocycles. The number of fused-ring (bicyclic) bond motifs is 1. The normalized spacial score (nSPS) is 24.6. The Balaban J connectivity index is 1.44. The third-order valence-electron chi connectivity index (χ3n) is 5.28. The quantitative estimate of drug-likeness (QED) is 0.851. The predicted octanol–water partition coefficient (Wildman–Crippen LogP) is 2.95. The van der Waals surface area contributed by atoms with Gasteiger partial charge in [0.25, 0.3) is 0 Å². The first-order chi connectivity index (χ1) is 12.6. The lowest BCUT2D eigenvalue weighted by molar-refractivity contribution is -0.131. The van der Waals surface area contributed by atoms with E-state index < -0.39 is 5.60 Å². The number of ether oxygens (including phenoxy) is 1. The van der Waals surface area contributed by atoms with E-state index in [-0.39, 0.29) is 23.6 Å². The molecular weight excluding hydrogens is 342 g/mol. The number of alkyl carbamates (subject to hydrolysis) is 1. The monoisotopic (exact) mass is 373 g/mol. The summed E-state index contributed by atoms with van der Waals surface area (Å²) in [6.45, 7) is 9.33. The average Bonchev–Trinajstić information content (AvgIpc) is 3.14. The standard InChI is InChI=1S/C21H31N3O3/c1-20(2,3)27-19(26)23-21(4)10-9-17(11-21)22-12-18(25)24-13-15-7-5-6-8-16(15)14-24/h5-8,17,22H,9-14H2,1-4H3,(H,23,26). The summed E-state index contributed by atoms with van der Waals surface area (Å²) >= 11 is 0. The highest BCUT2D eigenvalue weighted by Crippen LogP contribution is 2.30. The van der Waals surface area contributed by atoms with E-state index in [9.17, 15) is 9.59 Å². The lowest BCUT2D eigenvalue weighted by atomic mass is 10.0. The maximum Gasteiger partial charge on any atom is 0.408 e. The van der Waals surface area contributed by atoms with E-state index in [1.54, 1.807) is 0 Å². The summed E-state index contributed by atoms with van der Waals surface area (Å²) in [5, 5.41) is 6.38. The van der Waals surface area contributed by atoms with Crippen molar-refractivity contribution in [3.63, 3.8) is 0 Å². The number of benzene rings is 1. The van der Waals surface area contributed by atoms with Crippen molar-refractivity contribution in [3.8, 4) is 0 Å². The van der Waals surface area contributed by atoms with Crippen LogP contribution in [0.15, 0.2) is 24.3 Å². The van der Waals surface area contributed by atoms with E-state index in [4.69, 9.17) is 4.74 Å². The molecule has 148 valence electrons. The van der Waals surface area contributed by atoms with Gasteiger partial charge < -0.3 is 20.3 Å². The molecule has 6 nitrogen and oxygen atoms in total. The Kier molecular flexibility index (Phi) is 5.47. The molecule has 2 aliphatic rings. The zero-order chi connectivity index (χ0) is 19.7. The van der Waals surface area contributed by atoms with Crippen LogP contribution in [0.3, 0.4) is 0 Å². The Morgan fingerprint density at radius 1 is 1.22 bits per heavy atom. The molecule has 3 rings (SSSR count). The minimum absolute atomic E-state index is 0.125. The molecular formula is C21H31N3O3. The maximum atomic E-state index is 12.5. The van der Waals surface area contributed by atoms with Crippen LogP contribution in [0.4, 0.5) is 4.79 Å². The van der Waals surface area contributed by atoms with Crippen molar-refractivity contribution in [3.05, 3.63) is 35.4 Å². The van der Waals surface area contributed by atoms with Crippen molar-refractivity contribution < 1.29 is 14.3 Å². The van der Waals surface area contributed by atoms with Gasteiger partial charge in [0.2, 0.25) is 5.91 Å². The van der Waals surface area contributed by atoms with Gasteiger partial charge in [0.15, 0.2) is 0 Å². The van der Waals surface area contributed by atoms with Gasteiger partial charge in [-0.1, -0.05) is 24.3 Å². The van der Waals surface area contributed by atoms with Crippen LogP contribution in [-0.2, 0) is 22.6 Å². The molecule has 1 aromatic carbocycles. The number of nitrogens with zero attached hydrogens (tertiary/aromatic N) is 1. The van der Waals surface area contributed by atoms with Gasteiger partial charge in [-0.15, -0.1) is 0 Å². The topological polar surface area (TPSA) is 70.7 Å². The van der Waals surface area contributed by atoms with Gasteiger partial charge >= 0.3 is 6.09 Å². The molecule has 2 atom stereocenters. The van der Waals surface area contributed by atoms with Crippen LogP contribution in [0.1, 0.15) is 58.1 Å². The molecule has 0 spiro atoms. The van der Waals surface area contributed by atoms with Crippen molar-refractivity contribution in [2.24, 2.45) is 0 Å². The van der Waals surface area contributed by atoms with Crippen molar-refractivity contribution in [2.75, 3.05) is 6.54 Å². The molecule has 0 bridgehead atoms. The van der Waals surface area contributed by atoms with E-state index >= 15 is 0 Å². The van der Waals surface area contributed by atoms with Gasteiger partial charge in [0.1, 0.15) is 5.60 Å². The van der Waals surface area contributed by atoms with Crippen LogP contribution in [0, 0.1) is 0 Å². The average molecular weight is 373 g/mol. The van der Waals surface area contributed by atoms with Gasteiger partial charge in [-0.05, 0) is 58.1 Å². The summed E-state index contributed by atoms with van der Waals surface area (Å²) in [6, 6.07) is 8.42. The molecule has 1 fully saturated rings. The second-order valence-electron chi connectivity index (χ2n) is 9.03. The molecule has 1 heterocycles. The second-order valence-corrected chi connectivity index (χ2v) is 9.03. The molecule has 2 unspecified atom stereocenters. The number of carbonyl (C=O) groups is 2. The lowest BCUT2D eigenvalue weighted by Crippen LogP contribution is -2.47.